The summed E-state index contributed by atoms with van der Waals surface area (Å²) in [6.45, 7) is 0.489. The lowest BCUT2D eigenvalue weighted by Gasteiger charge is -2.08. The lowest BCUT2D eigenvalue weighted by molar-refractivity contribution is 0.307. The van der Waals surface area contributed by atoms with Gasteiger partial charge in [0.1, 0.15) is 18.2 Å². The van der Waals surface area contributed by atoms with Crippen molar-refractivity contribution in [1.29, 1.82) is 5.41 Å². The van der Waals surface area contributed by atoms with Crippen LogP contribution in [0.1, 0.15) is 11.1 Å². The highest BCUT2D eigenvalue weighted by atomic mass is 35.5. The van der Waals surface area contributed by atoms with Crippen LogP contribution in [-0.2, 0) is 6.61 Å². The molecule has 0 amide bonds. The molecular formula is C12H11ClN2OS. The van der Waals surface area contributed by atoms with Crippen molar-refractivity contribution < 1.29 is 4.74 Å². The largest absolute Gasteiger partial charge is 0.487 e. The third-order valence-corrected chi connectivity index (χ3v) is 3.24. The Hall–Kier alpha value is -1.52. The van der Waals surface area contributed by atoms with Crippen molar-refractivity contribution in [3.05, 3.63) is 51.2 Å². The van der Waals surface area contributed by atoms with Gasteiger partial charge in [0.25, 0.3) is 0 Å². The van der Waals surface area contributed by atoms with E-state index in [2.05, 4.69) is 0 Å². The first kappa shape index (κ1) is 12.0. The molecule has 0 saturated carbocycles. The van der Waals surface area contributed by atoms with E-state index in [-0.39, 0.29) is 5.84 Å². The first-order valence-corrected chi connectivity index (χ1v) is 6.26. The van der Waals surface area contributed by atoms with Crippen LogP contribution in [0.15, 0.2) is 35.0 Å². The number of benzene rings is 1. The molecule has 3 N–H and O–H groups in total. The van der Waals surface area contributed by atoms with Crippen LogP contribution in [-0.4, -0.2) is 5.84 Å². The van der Waals surface area contributed by atoms with Crippen LogP contribution in [0.3, 0.4) is 0 Å². The molecule has 1 aromatic heterocycles. The van der Waals surface area contributed by atoms with Gasteiger partial charge in [-0.05, 0) is 40.6 Å². The SMILES string of the molecule is N=C(N)c1ccc(OCc2ccsc2)c(Cl)c1. The van der Waals surface area contributed by atoms with E-state index in [0.29, 0.717) is 22.9 Å². The van der Waals surface area contributed by atoms with Gasteiger partial charge in [0.2, 0.25) is 0 Å². The minimum atomic E-state index is -0.00344. The molecule has 5 heteroatoms. The van der Waals surface area contributed by atoms with Crippen molar-refractivity contribution in [3.63, 3.8) is 0 Å². The number of hydrogen-bond donors (Lipinski definition) is 2. The molecule has 0 aliphatic rings. The average molecular weight is 267 g/mol. The molecule has 0 aliphatic carbocycles. The Balaban J connectivity index is 2.09. The Morgan fingerprint density at radius 2 is 2.24 bits per heavy atom. The summed E-state index contributed by atoms with van der Waals surface area (Å²) < 4.78 is 5.58. The van der Waals surface area contributed by atoms with Gasteiger partial charge in [0.05, 0.1) is 5.02 Å². The molecule has 2 rings (SSSR count). The first-order valence-electron chi connectivity index (χ1n) is 4.94. The second kappa shape index (κ2) is 5.21. The summed E-state index contributed by atoms with van der Waals surface area (Å²) >= 11 is 7.67. The zero-order valence-corrected chi connectivity index (χ0v) is 10.5. The molecule has 0 unspecified atom stereocenters. The highest BCUT2D eigenvalue weighted by Gasteiger charge is 2.05. The zero-order chi connectivity index (χ0) is 12.3. The van der Waals surface area contributed by atoms with Crippen LogP contribution in [0.2, 0.25) is 5.02 Å². The van der Waals surface area contributed by atoms with Crippen LogP contribution in [0, 0.1) is 5.41 Å². The Morgan fingerprint density at radius 3 is 2.82 bits per heavy atom. The van der Waals surface area contributed by atoms with E-state index in [1.807, 2.05) is 16.8 Å². The van der Waals surface area contributed by atoms with Crippen LogP contribution >= 0.6 is 22.9 Å². The minimum absolute atomic E-state index is 0.00344. The summed E-state index contributed by atoms with van der Waals surface area (Å²) in [4.78, 5) is 0. The summed E-state index contributed by atoms with van der Waals surface area (Å²) in [5.41, 5.74) is 7.08. The highest BCUT2D eigenvalue weighted by Crippen LogP contribution is 2.26. The molecule has 3 nitrogen and oxygen atoms in total. The third kappa shape index (κ3) is 2.99. The number of nitrogens with two attached hydrogens (primary N) is 1. The molecule has 0 spiro atoms. The summed E-state index contributed by atoms with van der Waals surface area (Å²) in [6, 6.07) is 7.08. The van der Waals surface area contributed by atoms with E-state index in [4.69, 9.17) is 27.5 Å². The van der Waals surface area contributed by atoms with Crippen molar-refractivity contribution >= 4 is 28.8 Å². The monoisotopic (exact) mass is 266 g/mol. The van der Waals surface area contributed by atoms with Crippen molar-refractivity contribution in [2.45, 2.75) is 6.61 Å². The molecule has 1 heterocycles. The third-order valence-electron chi connectivity index (χ3n) is 2.22. The van der Waals surface area contributed by atoms with Gasteiger partial charge < -0.3 is 10.5 Å². The van der Waals surface area contributed by atoms with Crippen LogP contribution in [0.5, 0.6) is 5.75 Å². The van der Waals surface area contributed by atoms with Gasteiger partial charge in [-0.3, -0.25) is 5.41 Å². The number of rotatable bonds is 4. The van der Waals surface area contributed by atoms with Gasteiger partial charge >= 0.3 is 0 Å². The lowest BCUT2D eigenvalue weighted by Crippen LogP contribution is -2.10. The summed E-state index contributed by atoms with van der Waals surface area (Å²) in [7, 11) is 0. The molecule has 0 saturated heterocycles. The van der Waals surface area contributed by atoms with E-state index in [0.717, 1.165) is 5.56 Å². The fourth-order valence-electron chi connectivity index (χ4n) is 1.32. The molecule has 0 radical (unpaired) electrons. The number of nitrogens with one attached hydrogen (secondary N) is 1. The van der Waals surface area contributed by atoms with Gasteiger partial charge in [0, 0.05) is 5.56 Å². The average Bonchev–Trinajstić information content (AvgIpc) is 2.80. The van der Waals surface area contributed by atoms with Crippen LogP contribution in [0.25, 0.3) is 0 Å². The van der Waals surface area contributed by atoms with Crippen LogP contribution in [0.4, 0.5) is 0 Å². The molecule has 2 aromatic rings. The standard InChI is InChI=1S/C12H11ClN2OS/c13-10-5-9(12(14)15)1-2-11(10)16-6-8-3-4-17-7-8/h1-5,7H,6H2,(H3,14,15). The van der Waals surface area contributed by atoms with Crippen molar-refractivity contribution in [1.82, 2.24) is 0 Å². The Kier molecular flexibility index (Phi) is 3.66. The highest BCUT2D eigenvalue weighted by molar-refractivity contribution is 7.07. The van der Waals surface area contributed by atoms with Gasteiger partial charge in [-0.25, -0.2) is 0 Å². The number of thiophene rings is 1. The molecule has 17 heavy (non-hydrogen) atoms. The topological polar surface area (TPSA) is 59.1 Å². The quantitative estimate of drug-likeness (QED) is 0.659. The normalized spacial score (nSPS) is 10.2. The van der Waals surface area contributed by atoms with Crippen molar-refractivity contribution in [2.24, 2.45) is 5.73 Å². The van der Waals surface area contributed by atoms with E-state index in [1.165, 1.54) is 0 Å². The summed E-state index contributed by atoms with van der Waals surface area (Å²) in [5, 5.41) is 11.8. The lowest BCUT2D eigenvalue weighted by atomic mass is 10.2. The van der Waals surface area contributed by atoms with E-state index in [9.17, 15) is 0 Å². The molecule has 0 fully saturated rings. The number of ether oxygens (including phenoxy) is 1. The Bertz CT molecular complexity index is 525. The molecule has 0 atom stereocenters. The summed E-state index contributed by atoms with van der Waals surface area (Å²) in [5.74, 6) is 0.596. The number of amidine groups is 1. The maximum Gasteiger partial charge on any atom is 0.138 e. The summed E-state index contributed by atoms with van der Waals surface area (Å²) in [6.07, 6.45) is 0. The van der Waals surface area contributed by atoms with Gasteiger partial charge in [-0.1, -0.05) is 11.6 Å². The number of hydrogen-bond acceptors (Lipinski definition) is 3. The number of nitrogen functional groups attached to an aromatic ring is 1. The predicted molar refractivity (Wildman–Crippen MR) is 71.1 cm³/mol. The van der Waals surface area contributed by atoms with E-state index in [1.54, 1.807) is 29.5 Å². The fourth-order valence-corrected chi connectivity index (χ4v) is 2.21. The van der Waals surface area contributed by atoms with Gasteiger partial charge in [-0.15, -0.1) is 0 Å². The maximum absolute atomic E-state index is 7.30. The molecule has 1 aromatic carbocycles. The zero-order valence-electron chi connectivity index (χ0n) is 8.94. The van der Waals surface area contributed by atoms with Crippen molar-refractivity contribution in [3.8, 4) is 5.75 Å². The second-order valence-electron chi connectivity index (χ2n) is 3.48. The first-order chi connectivity index (χ1) is 8.16. The van der Waals surface area contributed by atoms with Gasteiger partial charge in [-0.2, -0.15) is 11.3 Å². The van der Waals surface area contributed by atoms with E-state index >= 15 is 0 Å². The molecule has 0 aliphatic heterocycles. The Morgan fingerprint density at radius 1 is 1.41 bits per heavy atom. The van der Waals surface area contributed by atoms with Crippen molar-refractivity contribution in [2.75, 3.05) is 0 Å². The maximum atomic E-state index is 7.30. The predicted octanol–water partition coefficient (Wildman–Crippen LogP) is 3.26. The smallest absolute Gasteiger partial charge is 0.138 e. The molecule has 88 valence electrons. The van der Waals surface area contributed by atoms with Gasteiger partial charge in [0.15, 0.2) is 0 Å². The molecular weight excluding hydrogens is 256 g/mol. The molecule has 0 bridgehead atoms. The number of halogens is 1. The minimum Gasteiger partial charge on any atom is -0.487 e. The fraction of sp³-hybridized carbons (Fsp3) is 0.0833. The second-order valence-corrected chi connectivity index (χ2v) is 4.67. The van der Waals surface area contributed by atoms with E-state index < -0.39 is 0 Å². The Labute approximate surface area is 108 Å². The van der Waals surface area contributed by atoms with Crippen LogP contribution < -0.4 is 10.5 Å².